The lowest BCUT2D eigenvalue weighted by atomic mass is 9.89. The van der Waals surface area contributed by atoms with Crippen molar-refractivity contribution in [3.8, 4) is 5.75 Å². The highest BCUT2D eigenvalue weighted by Crippen LogP contribution is 2.33. The van der Waals surface area contributed by atoms with Gasteiger partial charge in [-0.25, -0.2) is 13.1 Å². The Morgan fingerprint density at radius 1 is 1.09 bits per heavy atom. The topological polar surface area (TPSA) is 91.5 Å². The van der Waals surface area contributed by atoms with E-state index in [1.807, 2.05) is 24.4 Å². The largest absolute Gasteiger partial charge is 0.573 e. The Kier molecular flexibility index (Phi) is 6.85. The highest BCUT2D eigenvalue weighted by atomic mass is 32.2. The fourth-order valence-electron chi connectivity index (χ4n) is 4.23. The Morgan fingerprint density at radius 3 is 2.44 bits per heavy atom. The van der Waals surface area contributed by atoms with Gasteiger partial charge in [0.25, 0.3) is 0 Å². The number of piperidine rings is 1. The number of hydrogen-bond acceptors (Lipinski definition) is 4. The molecule has 0 spiro atoms. The number of likely N-dealkylation sites (tertiary alicyclic amines) is 1. The highest BCUT2D eigenvalue weighted by molar-refractivity contribution is 7.89. The number of alkyl halides is 3. The van der Waals surface area contributed by atoms with Crippen LogP contribution >= 0.6 is 0 Å². The van der Waals surface area contributed by atoms with Crippen LogP contribution in [-0.2, 0) is 14.8 Å². The fourth-order valence-corrected chi connectivity index (χ4v) is 5.26. The van der Waals surface area contributed by atoms with Gasteiger partial charge in [0.1, 0.15) is 5.75 Å². The van der Waals surface area contributed by atoms with E-state index in [0.29, 0.717) is 19.0 Å². The number of ether oxygens (including phenoxy) is 1. The molecule has 0 bridgehead atoms. The molecule has 1 amide bonds. The number of benzene rings is 2. The van der Waals surface area contributed by atoms with Gasteiger partial charge in [0.05, 0.1) is 4.90 Å². The number of rotatable bonds is 7. The summed E-state index contributed by atoms with van der Waals surface area (Å²) in [5.41, 5.74) is 2.34. The molecule has 1 saturated heterocycles. The van der Waals surface area contributed by atoms with Gasteiger partial charge in [0.2, 0.25) is 15.9 Å². The normalized spacial score (nSPS) is 15.6. The third-order valence-electron chi connectivity index (χ3n) is 5.91. The molecule has 1 aliphatic rings. The third-order valence-corrected chi connectivity index (χ3v) is 7.38. The number of fused-ring (bicyclic) bond motifs is 1. The second-order valence-corrected chi connectivity index (χ2v) is 9.88. The van der Waals surface area contributed by atoms with Crippen molar-refractivity contribution < 1.29 is 31.1 Å². The minimum absolute atomic E-state index is 0.00769. The van der Waals surface area contributed by atoms with E-state index >= 15 is 0 Å². The molecule has 0 saturated carbocycles. The third kappa shape index (κ3) is 5.71. The number of aromatic nitrogens is 1. The number of H-pyrrole nitrogens is 1. The van der Waals surface area contributed by atoms with Gasteiger partial charge in [0, 0.05) is 43.2 Å². The van der Waals surface area contributed by atoms with Crippen LogP contribution in [0.2, 0.25) is 0 Å². The Labute approximate surface area is 195 Å². The van der Waals surface area contributed by atoms with Crippen molar-refractivity contribution in [1.29, 1.82) is 0 Å². The zero-order valence-corrected chi connectivity index (χ0v) is 19.0. The molecular weight excluding hydrogens is 471 g/mol. The van der Waals surface area contributed by atoms with E-state index in [9.17, 15) is 26.4 Å². The number of hydrogen-bond donors (Lipinski definition) is 2. The number of aromatic amines is 1. The lowest BCUT2D eigenvalue weighted by molar-refractivity contribution is -0.274. The van der Waals surface area contributed by atoms with Crippen molar-refractivity contribution in [2.24, 2.45) is 0 Å². The summed E-state index contributed by atoms with van der Waals surface area (Å²) < 4.78 is 67.5. The molecule has 182 valence electrons. The van der Waals surface area contributed by atoms with Crippen molar-refractivity contribution in [1.82, 2.24) is 14.6 Å². The average molecular weight is 496 g/mol. The molecular formula is C23H24F3N3O4S. The van der Waals surface area contributed by atoms with Crippen LogP contribution in [0.3, 0.4) is 0 Å². The molecule has 2 N–H and O–H groups in total. The molecule has 1 aliphatic heterocycles. The number of carbonyl (C=O) groups is 1. The van der Waals surface area contributed by atoms with Gasteiger partial charge in [-0.1, -0.05) is 18.2 Å². The summed E-state index contributed by atoms with van der Waals surface area (Å²) in [5.74, 6) is -0.310. The van der Waals surface area contributed by atoms with Gasteiger partial charge in [-0.05, 0) is 54.7 Å². The maximum absolute atomic E-state index is 12.6. The van der Waals surface area contributed by atoms with E-state index in [-0.39, 0.29) is 23.8 Å². The summed E-state index contributed by atoms with van der Waals surface area (Å²) in [7, 11) is -3.97. The minimum Gasteiger partial charge on any atom is -0.406 e. The average Bonchev–Trinajstić information content (AvgIpc) is 3.22. The molecule has 0 atom stereocenters. The second kappa shape index (κ2) is 9.67. The monoisotopic (exact) mass is 495 g/mol. The molecule has 34 heavy (non-hydrogen) atoms. The van der Waals surface area contributed by atoms with E-state index in [1.54, 1.807) is 4.90 Å². The van der Waals surface area contributed by atoms with Crippen molar-refractivity contribution >= 4 is 26.8 Å². The summed E-state index contributed by atoms with van der Waals surface area (Å²) in [6, 6.07) is 12.0. The highest BCUT2D eigenvalue weighted by Gasteiger charge is 2.31. The number of amides is 1. The van der Waals surface area contributed by atoms with Gasteiger partial charge in [0.15, 0.2) is 0 Å². The molecule has 0 radical (unpaired) electrons. The maximum atomic E-state index is 12.6. The van der Waals surface area contributed by atoms with Crippen LogP contribution in [0.25, 0.3) is 10.9 Å². The summed E-state index contributed by atoms with van der Waals surface area (Å²) in [6.07, 6.45) is -1.18. The first-order chi connectivity index (χ1) is 16.1. The van der Waals surface area contributed by atoms with Crippen LogP contribution in [0.4, 0.5) is 13.2 Å². The van der Waals surface area contributed by atoms with Crippen molar-refractivity contribution in [2.45, 2.75) is 36.4 Å². The predicted molar refractivity (Wildman–Crippen MR) is 120 cm³/mol. The molecule has 1 aromatic heterocycles. The number of nitrogens with one attached hydrogen (secondary N) is 2. The smallest absolute Gasteiger partial charge is 0.406 e. The molecule has 2 aromatic carbocycles. The molecule has 2 heterocycles. The quantitative estimate of drug-likeness (QED) is 0.516. The Bertz CT molecular complexity index is 1250. The van der Waals surface area contributed by atoms with Crippen molar-refractivity contribution in [2.75, 3.05) is 19.6 Å². The standard InChI is InChI=1S/C23H24F3N3O4S/c24-23(25,26)33-17-5-7-18(8-6-17)34(31,32)28-12-9-22(30)29-13-10-16(11-14-29)20-15-27-21-4-2-1-3-19(20)21/h1-8,15-16,27-28H,9-14H2. The second-order valence-electron chi connectivity index (χ2n) is 8.11. The first kappa shape index (κ1) is 24.1. The zero-order valence-electron chi connectivity index (χ0n) is 18.1. The first-order valence-corrected chi connectivity index (χ1v) is 12.3. The Hall–Kier alpha value is -3.05. The zero-order chi connectivity index (χ0) is 24.3. The first-order valence-electron chi connectivity index (χ1n) is 10.8. The Morgan fingerprint density at radius 2 is 1.76 bits per heavy atom. The lowest BCUT2D eigenvalue weighted by Crippen LogP contribution is -2.39. The van der Waals surface area contributed by atoms with Crippen LogP contribution in [0, 0.1) is 0 Å². The summed E-state index contributed by atoms with van der Waals surface area (Å²) in [6.45, 7) is 1.08. The Balaban J connectivity index is 1.25. The van der Waals surface area contributed by atoms with Crippen molar-refractivity contribution in [3.05, 3.63) is 60.3 Å². The molecule has 0 aliphatic carbocycles. The van der Waals surface area contributed by atoms with Gasteiger partial charge in [-0.2, -0.15) is 0 Å². The summed E-state index contributed by atoms with van der Waals surface area (Å²) in [5, 5.41) is 1.19. The number of para-hydroxylation sites is 1. The molecule has 1 fully saturated rings. The van der Waals surface area contributed by atoms with Gasteiger partial charge in [-0.3, -0.25) is 4.79 Å². The number of sulfonamides is 1. The van der Waals surface area contributed by atoms with Crippen LogP contribution in [0.1, 0.15) is 30.7 Å². The summed E-state index contributed by atoms with van der Waals surface area (Å²) in [4.78, 5) is 17.4. The van der Waals surface area contributed by atoms with Crippen LogP contribution in [-0.4, -0.2) is 50.2 Å². The van der Waals surface area contributed by atoms with Crippen LogP contribution in [0.5, 0.6) is 5.75 Å². The molecule has 0 unspecified atom stereocenters. The number of carbonyl (C=O) groups excluding carboxylic acids is 1. The molecule has 7 nitrogen and oxygen atoms in total. The number of halogens is 3. The molecule has 4 rings (SSSR count). The van der Waals surface area contributed by atoms with E-state index in [0.717, 1.165) is 42.6 Å². The van der Waals surface area contributed by atoms with Gasteiger partial charge in [-0.15, -0.1) is 13.2 Å². The fraction of sp³-hybridized carbons (Fsp3) is 0.348. The van der Waals surface area contributed by atoms with Gasteiger partial charge >= 0.3 is 6.36 Å². The van der Waals surface area contributed by atoms with Crippen LogP contribution < -0.4 is 9.46 Å². The minimum atomic E-state index is -4.86. The SMILES string of the molecule is O=C(CCNS(=O)(=O)c1ccc(OC(F)(F)F)cc1)N1CCC(c2c[nH]c3ccccc23)CC1. The lowest BCUT2D eigenvalue weighted by Gasteiger charge is -2.32. The molecule has 11 heteroatoms. The van der Waals surface area contributed by atoms with E-state index < -0.39 is 22.1 Å². The number of nitrogens with zero attached hydrogens (tertiary/aromatic N) is 1. The van der Waals surface area contributed by atoms with E-state index in [2.05, 4.69) is 20.5 Å². The van der Waals surface area contributed by atoms with Crippen molar-refractivity contribution in [3.63, 3.8) is 0 Å². The van der Waals surface area contributed by atoms with E-state index in [1.165, 1.54) is 10.9 Å². The van der Waals surface area contributed by atoms with Crippen LogP contribution in [0.15, 0.2) is 59.6 Å². The maximum Gasteiger partial charge on any atom is 0.573 e. The van der Waals surface area contributed by atoms with Gasteiger partial charge < -0.3 is 14.6 Å². The summed E-state index contributed by atoms with van der Waals surface area (Å²) >= 11 is 0. The molecule has 3 aromatic rings. The van der Waals surface area contributed by atoms with E-state index in [4.69, 9.17) is 0 Å². The predicted octanol–water partition coefficient (Wildman–Crippen LogP) is 4.14.